The highest BCUT2D eigenvalue weighted by Crippen LogP contribution is 2.29. The molecule has 0 bridgehead atoms. The van der Waals surface area contributed by atoms with Crippen molar-refractivity contribution in [1.82, 2.24) is 0 Å². The highest BCUT2D eigenvalue weighted by molar-refractivity contribution is 5.98. The van der Waals surface area contributed by atoms with Gasteiger partial charge in [0.1, 0.15) is 5.75 Å². The largest absolute Gasteiger partial charge is 0.484 e. The molecule has 3 rings (SSSR count). The number of amides is 1. The van der Waals surface area contributed by atoms with Gasteiger partial charge in [0.05, 0.1) is 12.7 Å². The number of rotatable bonds is 4. The van der Waals surface area contributed by atoms with E-state index in [1.54, 1.807) is 23.1 Å². The lowest BCUT2D eigenvalue weighted by Gasteiger charge is -2.20. The summed E-state index contributed by atoms with van der Waals surface area (Å²) >= 11 is 0. The maximum Gasteiger partial charge on any atom is 0.337 e. The fourth-order valence-corrected chi connectivity index (χ4v) is 3.18. The molecule has 142 valence electrons. The zero-order valence-electron chi connectivity index (χ0n) is 16.2. The van der Waals surface area contributed by atoms with Crippen LogP contribution in [0, 0.1) is 0 Å². The summed E-state index contributed by atoms with van der Waals surface area (Å²) in [4.78, 5) is 26.0. The first-order valence-electron chi connectivity index (χ1n) is 9.04. The van der Waals surface area contributed by atoms with E-state index < -0.39 is 0 Å². The number of carbonyl (C=O) groups is 2. The molecule has 0 aromatic heterocycles. The highest BCUT2D eigenvalue weighted by Gasteiger charge is 2.26. The molecule has 2 aromatic carbocycles. The number of methoxy groups -OCH3 is 1. The number of fused-ring (bicyclic) bond motifs is 1. The van der Waals surface area contributed by atoms with Crippen molar-refractivity contribution in [1.29, 1.82) is 0 Å². The third-order valence-electron chi connectivity index (χ3n) is 4.78. The van der Waals surface area contributed by atoms with Gasteiger partial charge in [0.15, 0.2) is 6.61 Å². The summed E-state index contributed by atoms with van der Waals surface area (Å²) in [6, 6.07) is 13.1. The molecule has 0 spiro atoms. The first-order chi connectivity index (χ1) is 12.8. The van der Waals surface area contributed by atoms with Crippen molar-refractivity contribution in [2.24, 2.45) is 0 Å². The number of esters is 1. The summed E-state index contributed by atoms with van der Waals surface area (Å²) in [6.45, 7) is 7.03. The zero-order valence-corrected chi connectivity index (χ0v) is 16.2. The van der Waals surface area contributed by atoms with Crippen LogP contribution in [-0.2, 0) is 21.4 Å². The predicted octanol–water partition coefficient (Wildman–Crippen LogP) is 3.74. The predicted molar refractivity (Wildman–Crippen MR) is 104 cm³/mol. The molecule has 1 heterocycles. The molecule has 0 fully saturated rings. The third kappa shape index (κ3) is 4.13. The van der Waals surface area contributed by atoms with Crippen LogP contribution in [-0.4, -0.2) is 32.1 Å². The summed E-state index contributed by atoms with van der Waals surface area (Å²) in [7, 11) is 1.36. The molecular weight excluding hydrogens is 342 g/mol. The van der Waals surface area contributed by atoms with Crippen LogP contribution in [0.4, 0.5) is 5.69 Å². The van der Waals surface area contributed by atoms with Crippen LogP contribution >= 0.6 is 0 Å². The third-order valence-corrected chi connectivity index (χ3v) is 4.78. The van der Waals surface area contributed by atoms with Crippen molar-refractivity contribution in [2.75, 3.05) is 25.2 Å². The molecule has 2 aromatic rings. The smallest absolute Gasteiger partial charge is 0.337 e. The van der Waals surface area contributed by atoms with E-state index in [1.165, 1.54) is 12.7 Å². The van der Waals surface area contributed by atoms with E-state index in [0.717, 1.165) is 11.3 Å². The van der Waals surface area contributed by atoms with Crippen molar-refractivity contribution in [3.8, 4) is 5.75 Å². The zero-order chi connectivity index (χ0) is 19.6. The maximum absolute atomic E-state index is 12.6. The van der Waals surface area contributed by atoms with Gasteiger partial charge in [0, 0.05) is 12.2 Å². The molecule has 0 aliphatic carbocycles. The van der Waals surface area contributed by atoms with Crippen LogP contribution in [0.25, 0.3) is 0 Å². The summed E-state index contributed by atoms with van der Waals surface area (Å²) in [5.41, 5.74) is 3.60. The van der Waals surface area contributed by atoms with Gasteiger partial charge in [-0.3, -0.25) is 4.79 Å². The molecule has 5 nitrogen and oxygen atoms in total. The minimum Gasteiger partial charge on any atom is -0.484 e. The topological polar surface area (TPSA) is 55.8 Å². The van der Waals surface area contributed by atoms with E-state index >= 15 is 0 Å². The molecule has 27 heavy (non-hydrogen) atoms. The van der Waals surface area contributed by atoms with Crippen LogP contribution in [0.3, 0.4) is 0 Å². The first-order valence-corrected chi connectivity index (χ1v) is 9.04. The number of benzene rings is 2. The van der Waals surface area contributed by atoms with E-state index in [1.807, 2.05) is 24.3 Å². The number of ether oxygens (including phenoxy) is 2. The van der Waals surface area contributed by atoms with Gasteiger partial charge in [-0.15, -0.1) is 0 Å². The molecule has 0 atom stereocenters. The quantitative estimate of drug-likeness (QED) is 0.773. The van der Waals surface area contributed by atoms with E-state index in [9.17, 15) is 9.59 Å². The van der Waals surface area contributed by atoms with Crippen LogP contribution in [0.1, 0.15) is 42.3 Å². The van der Waals surface area contributed by atoms with Gasteiger partial charge in [0.2, 0.25) is 0 Å². The Hall–Kier alpha value is -2.82. The van der Waals surface area contributed by atoms with Gasteiger partial charge in [-0.25, -0.2) is 4.79 Å². The van der Waals surface area contributed by atoms with Crippen LogP contribution in [0.15, 0.2) is 42.5 Å². The summed E-state index contributed by atoms with van der Waals surface area (Å²) in [5.74, 6) is 0.209. The van der Waals surface area contributed by atoms with Gasteiger partial charge in [0.25, 0.3) is 5.91 Å². The van der Waals surface area contributed by atoms with Gasteiger partial charge in [-0.1, -0.05) is 32.9 Å². The molecular formula is C22H25NO4. The van der Waals surface area contributed by atoms with Crippen molar-refractivity contribution in [2.45, 2.75) is 32.6 Å². The van der Waals surface area contributed by atoms with Crippen molar-refractivity contribution in [3.63, 3.8) is 0 Å². The molecule has 0 unspecified atom stereocenters. The van der Waals surface area contributed by atoms with Gasteiger partial charge in [-0.05, 0) is 53.3 Å². The molecule has 0 saturated heterocycles. The Morgan fingerprint density at radius 1 is 1.07 bits per heavy atom. The molecule has 1 aliphatic rings. The SMILES string of the molecule is COC(=O)c1ccc2c(c1)CCN2C(=O)COc1ccc(C(C)(C)C)cc1. The average Bonchev–Trinajstić information content (AvgIpc) is 3.08. The number of nitrogens with zero attached hydrogens (tertiary/aromatic N) is 1. The normalized spacial score (nSPS) is 13.3. The van der Waals surface area contributed by atoms with Gasteiger partial charge < -0.3 is 14.4 Å². The molecule has 1 aliphatic heterocycles. The first kappa shape index (κ1) is 19.0. The summed E-state index contributed by atoms with van der Waals surface area (Å²) in [6.07, 6.45) is 0.714. The Bertz CT molecular complexity index is 850. The van der Waals surface area contributed by atoms with Crippen molar-refractivity contribution in [3.05, 3.63) is 59.2 Å². The fourth-order valence-electron chi connectivity index (χ4n) is 3.18. The second-order valence-electron chi connectivity index (χ2n) is 7.69. The van der Waals surface area contributed by atoms with Crippen LogP contribution in [0.2, 0.25) is 0 Å². The maximum atomic E-state index is 12.6. The second kappa shape index (κ2) is 7.43. The number of anilines is 1. The van der Waals surface area contributed by atoms with Gasteiger partial charge >= 0.3 is 5.97 Å². The Morgan fingerprint density at radius 2 is 1.78 bits per heavy atom. The Balaban J connectivity index is 1.64. The fraction of sp³-hybridized carbons (Fsp3) is 0.364. The summed E-state index contributed by atoms with van der Waals surface area (Å²) in [5, 5.41) is 0. The van der Waals surface area contributed by atoms with Gasteiger partial charge in [-0.2, -0.15) is 0 Å². The minimum atomic E-state index is -0.371. The summed E-state index contributed by atoms with van der Waals surface area (Å²) < 4.78 is 10.4. The number of hydrogen-bond acceptors (Lipinski definition) is 4. The van der Waals surface area contributed by atoms with E-state index in [4.69, 9.17) is 9.47 Å². The van der Waals surface area contributed by atoms with Crippen molar-refractivity contribution < 1.29 is 19.1 Å². The average molecular weight is 367 g/mol. The standard InChI is InChI=1S/C22H25NO4/c1-22(2,3)17-6-8-18(9-7-17)27-14-20(24)23-12-11-15-13-16(21(25)26-4)5-10-19(15)23/h5-10,13H,11-12,14H2,1-4H3. The lowest BCUT2D eigenvalue weighted by molar-refractivity contribution is -0.120. The monoisotopic (exact) mass is 367 g/mol. The minimum absolute atomic E-state index is 0.0208. The molecule has 0 saturated carbocycles. The van der Waals surface area contributed by atoms with E-state index in [2.05, 4.69) is 20.8 Å². The molecule has 0 N–H and O–H groups in total. The lowest BCUT2D eigenvalue weighted by atomic mass is 9.87. The Morgan fingerprint density at radius 3 is 2.41 bits per heavy atom. The highest BCUT2D eigenvalue weighted by atomic mass is 16.5. The Kier molecular flexibility index (Phi) is 5.22. The van der Waals surface area contributed by atoms with E-state index in [0.29, 0.717) is 24.3 Å². The van der Waals surface area contributed by atoms with E-state index in [-0.39, 0.29) is 23.9 Å². The molecule has 1 amide bonds. The Labute approximate surface area is 159 Å². The second-order valence-corrected chi connectivity index (χ2v) is 7.69. The molecule has 5 heteroatoms. The van der Waals surface area contributed by atoms with Crippen LogP contribution in [0.5, 0.6) is 5.75 Å². The lowest BCUT2D eigenvalue weighted by Crippen LogP contribution is -2.33. The number of hydrogen-bond donors (Lipinski definition) is 0. The van der Waals surface area contributed by atoms with Crippen LogP contribution < -0.4 is 9.64 Å². The van der Waals surface area contributed by atoms with Crippen molar-refractivity contribution >= 4 is 17.6 Å². The number of carbonyl (C=O) groups excluding carboxylic acids is 2. The molecule has 0 radical (unpaired) electrons.